The van der Waals surface area contributed by atoms with Crippen LogP contribution in [0.2, 0.25) is 0 Å². The molecule has 2 aromatic rings. The Morgan fingerprint density at radius 3 is 2.61 bits per heavy atom. The molecular weight excluding hydrogens is 422 g/mol. The van der Waals surface area contributed by atoms with Crippen molar-refractivity contribution in [2.24, 2.45) is 0 Å². The van der Waals surface area contributed by atoms with Crippen LogP contribution in [0.1, 0.15) is 20.4 Å². The number of carboxylic acid groups (broad SMARTS) is 1. The lowest BCUT2D eigenvalue weighted by molar-refractivity contribution is -0.193. The van der Waals surface area contributed by atoms with Gasteiger partial charge < -0.3 is 14.6 Å². The number of morpholine rings is 1. The first-order chi connectivity index (χ1) is 14.5. The predicted molar refractivity (Wildman–Crippen MR) is 99.0 cm³/mol. The number of aromatic nitrogens is 3. The molecule has 1 amide bonds. The van der Waals surface area contributed by atoms with Gasteiger partial charge in [0.05, 0.1) is 18.8 Å². The molecule has 1 N–H and O–H groups in total. The van der Waals surface area contributed by atoms with Crippen molar-refractivity contribution in [2.75, 3.05) is 18.1 Å². The van der Waals surface area contributed by atoms with Gasteiger partial charge in [-0.3, -0.25) is 23.9 Å². The number of hydrogen-bond donors (Lipinski definition) is 1. The molecule has 2 aromatic heterocycles. The summed E-state index contributed by atoms with van der Waals surface area (Å²) in [6.45, 7) is -0.896. The van der Waals surface area contributed by atoms with Crippen LogP contribution in [0.3, 0.4) is 0 Å². The Balaban J connectivity index is 1.92. The molecule has 31 heavy (non-hydrogen) atoms. The van der Waals surface area contributed by atoms with E-state index in [4.69, 9.17) is 9.47 Å². The molecule has 1 aliphatic heterocycles. The van der Waals surface area contributed by atoms with E-state index in [1.807, 2.05) is 0 Å². The number of hydrogen-bond acceptors (Lipinski definition) is 7. The first-order valence-electron chi connectivity index (χ1n) is 8.97. The summed E-state index contributed by atoms with van der Waals surface area (Å²) in [4.78, 5) is 48.6. The summed E-state index contributed by atoms with van der Waals surface area (Å²) in [5.74, 6) is -3.19. The predicted octanol–water partition coefficient (Wildman–Crippen LogP) is 0.567. The van der Waals surface area contributed by atoms with E-state index >= 15 is 0 Å². The summed E-state index contributed by atoms with van der Waals surface area (Å²) in [6, 6.07) is 3.64. The van der Waals surface area contributed by atoms with Crippen LogP contribution in [-0.2, 0) is 23.9 Å². The quantitative estimate of drug-likeness (QED) is 0.645. The van der Waals surface area contributed by atoms with Crippen molar-refractivity contribution in [2.45, 2.75) is 32.1 Å². The number of rotatable bonds is 6. The second kappa shape index (κ2) is 8.26. The fourth-order valence-electron chi connectivity index (χ4n) is 3.13. The van der Waals surface area contributed by atoms with Gasteiger partial charge in [-0.25, -0.2) is 9.48 Å². The second-order valence-corrected chi connectivity index (χ2v) is 6.77. The van der Waals surface area contributed by atoms with Gasteiger partial charge in [-0.2, -0.15) is 8.78 Å². The Bertz CT molecular complexity index is 1080. The van der Waals surface area contributed by atoms with Gasteiger partial charge in [-0.05, 0) is 13.0 Å². The van der Waals surface area contributed by atoms with E-state index in [9.17, 15) is 33.1 Å². The highest BCUT2D eigenvalue weighted by atomic mass is 19.3. The van der Waals surface area contributed by atoms with Crippen LogP contribution in [0, 0.1) is 0 Å². The van der Waals surface area contributed by atoms with Crippen LogP contribution in [0.15, 0.2) is 35.4 Å². The molecule has 1 fully saturated rings. The molecule has 0 spiro atoms. The number of carbonyl (C=O) groups excluding carboxylic acids is 2. The normalized spacial score (nSPS) is 20.0. The number of ether oxygens (including phenoxy) is 2. The number of amides is 1. The van der Waals surface area contributed by atoms with Crippen LogP contribution in [0.4, 0.5) is 14.6 Å². The van der Waals surface area contributed by atoms with E-state index in [2.05, 4.69) is 5.10 Å². The summed E-state index contributed by atoms with van der Waals surface area (Å²) in [5, 5.41) is 13.6. The molecule has 0 aromatic carbocycles. The maximum atomic E-state index is 13.1. The summed E-state index contributed by atoms with van der Waals surface area (Å²) >= 11 is 0. The van der Waals surface area contributed by atoms with Crippen molar-refractivity contribution in [3.8, 4) is 5.69 Å². The molecule has 0 aliphatic carbocycles. The lowest BCUT2D eigenvalue weighted by Gasteiger charge is -2.40. The number of esters is 1. The van der Waals surface area contributed by atoms with E-state index < -0.39 is 41.7 Å². The standard InChI is InChI=1S/C18H18F2N4O7/c1-10(25)31-14(15(27)28)18(2)16(29)22(7-8-30-18)12-5-6-24(21-12)11-3-4-13(26)23(9-11)17(19)20/h3-6,9,14,17H,7-8H2,1-2H3,(H,27,28)/t14?,18-/m1/s1. The zero-order valence-corrected chi connectivity index (χ0v) is 16.4. The van der Waals surface area contributed by atoms with Gasteiger partial charge >= 0.3 is 18.5 Å². The molecule has 1 saturated heterocycles. The van der Waals surface area contributed by atoms with Gasteiger partial charge in [0.2, 0.25) is 6.10 Å². The molecule has 13 heteroatoms. The summed E-state index contributed by atoms with van der Waals surface area (Å²) < 4.78 is 37.5. The number of nitrogens with zero attached hydrogens (tertiary/aromatic N) is 4. The molecule has 1 aliphatic rings. The van der Waals surface area contributed by atoms with Gasteiger partial charge in [-0.1, -0.05) is 0 Å². The van der Waals surface area contributed by atoms with E-state index in [0.29, 0.717) is 0 Å². The van der Waals surface area contributed by atoms with Crippen molar-refractivity contribution in [1.29, 1.82) is 0 Å². The molecule has 166 valence electrons. The smallest absolute Gasteiger partial charge is 0.348 e. The monoisotopic (exact) mass is 440 g/mol. The first kappa shape index (κ1) is 22.1. The number of carbonyl (C=O) groups is 3. The molecule has 1 unspecified atom stereocenters. The number of aliphatic carboxylic acids is 1. The van der Waals surface area contributed by atoms with Gasteiger partial charge in [0.25, 0.3) is 11.5 Å². The number of alkyl halides is 2. The van der Waals surface area contributed by atoms with E-state index in [1.54, 1.807) is 0 Å². The lowest BCUT2D eigenvalue weighted by atomic mass is 9.95. The highest BCUT2D eigenvalue weighted by Gasteiger charge is 2.53. The Kier molecular flexibility index (Phi) is 5.88. The molecule has 0 bridgehead atoms. The fraction of sp³-hybridized carbons (Fsp3) is 0.389. The molecule has 11 nitrogen and oxygen atoms in total. The van der Waals surface area contributed by atoms with Crippen LogP contribution in [0.25, 0.3) is 5.69 Å². The number of pyridine rings is 1. The number of halogens is 2. The zero-order valence-electron chi connectivity index (χ0n) is 16.4. The third kappa shape index (κ3) is 4.17. The first-order valence-corrected chi connectivity index (χ1v) is 8.97. The molecule has 0 radical (unpaired) electrons. The third-order valence-corrected chi connectivity index (χ3v) is 4.64. The Labute approximate surface area is 173 Å². The minimum absolute atomic E-state index is 0.0222. The second-order valence-electron chi connectivity index (χ2n) is 6.77. The number of anilines is 1. The SMILES string of the molecule is CC(=O)OC(C(=O)O)[C@@]1(C)OCCN(c2ccn(-c3ccc(=O)n(C(F)F)c3)n2)C1=O. The topological polar surface area (TPSA) is 133 Å². The summed E-state index contributed by atoms with van der Waals surface area (Å²) in [5.41, 5.74) is -2.77. The van der Waals surface area contributed by atoms with E-state index in [1.165, 1.54) is 29.9 Å². The van der Waals surface area contributed by atoms with Gasteiger partial charge in [0, 0.05) is 31.5 Å². The van der Waals surface area contributed by atoms with Crippen molar-refractivity contribution in [1.82, 2.24) is 14.3 Å². The Hall–Kier alpha value is -3.61. The molecule has 3 rings (SSSR count). The van der Waals surface area contributed by atoms with Gasteiger partial charge in [-0.15, -0.1) is 5.10 Å². The molecule has 2 atom stereocenters. The molecule has 3 heterocycles. The van der Waals surface area contributed by atoms with Crippen LogP contribution < -0.4 is 10.5 Å². The maximum absolute atomic E-state index is 13.1. The van der Waals surface area contributed by atoms with E-state index in [-0.39, 0.29) is 29.2 Å². The van der Waals surface area contributed by atoms with Gasteiger partial charge in [0.1, 0.15) is 0 Å². The minimum Gasteiger partial charge on any atom is -0.478 e. The van der Waals surface area contributed by atoms with Crippen LogP contribution in [0.5, 0.6) is 0 Å². The van der Waals surface area contributed by atoms with Crippen molar-refractivity contribution < 1.29 is 37.7 Å². The minimum atomic E-state index is -3.04. The molecular formula is C18H18F2N4O7. The highest BCUT2D eigenvalue weighted by molar-refractivity contribution is 6.02. The number of carboxylic acids is 1. The largest absolute Gasteiger partial charge is 0.478 e. The van der Waals surface area contributed by atoms with Crippen molar-refractivity contribution >= 4 is 23.7 Å². The lowest BCUT2D eigenvalue weighted by Crippen LogP contribution is -2.63. The summed E-state index contributed by atoms with van der Waals surface area (Å²) in [7, 11) is 0. The zero-order chi connectivity index (χ0) is 22.9. The Morgan fingerprint density at radius 1 is 1.29 bits per heavy atom. The van der Waals surface area contributed by atoms with E-state index in [0.717, 1.165) is 24.1 Å². The van der Waals surface area contributed by atoms with Crippen molar-refractivity contribution in [3.05, 3.63) is 40.9 Å². The fourth-order valence-corrected chi connectivity index (χ4v) is 3.13. The van der Waals surface area contributed by atoms with Gasteiger partial charge in [0.15, 0.2) is 11.4 Å². The molecule has 0 saturated carbocycles. The highest BCUT2D eigenvalue weighted by Crippen LogP contribution is 2.29. The van der Waals surface area contributed by atoms with Crippen molar-refractivity contribution in [3.63, 3.8) is 0 Å². The van der Waals surface area contributed by atoms with Crippen LogP contribution in [-0.4, -0.2) is 62.2 Å². The summed E-state index contributed by atoms with van der Waals surface area (Å²) in [6.07, 6.45) is 0.402. The average molecular weight is 440 g/mol. The maximum Gasteiger partial charge on any atom is 0.348 e. The Morgan fingerprint density at radius 2 is 2.00 bits per heavy atom. The third-order valence-electron chi connectivity index (χ3n) is 4.64. The average Bonchev–Trinajstić information content (AvgIpc) is 3.18. The van der Waals surface area contributed by atoms with Crippen LogP contribution >= 0.6 is 0 Å².